The van der Waals surface area contributed by atoms with E-state index in [0.29, 0.717) is 6.54 Å². The van der Waals surface area contributed by atoms with Gasteiger partial charge in [-0.1, -0.05) is 25.1 Å². The van der Waals surface area contributed by atoms with Crippen LogP contribution in [0.3, 0.4) is 0 Å². The summed E-state index contributed by atoms with van der Waals surface area (Å²) in [6.07, 6.45) is 7.62. The van der Waals surface area contributed by atoms with Gasteiger partial charge in [0.1, 0.15) is 0 Å². The van der Waals surface area contributed by atoms with Crippen molar-refractivity contribution in [2.45, 2.75) is 62.9 Å². The van der Waals surface area contributed by atoms with Crippen molar-refractivity contribution in [3.63, 3.8) is 0 Å². The lowest BCUT2D eigenvalue weighted by Crippen LogP contribution is -2.39. The zero-order valence-corrected chi connectivity index (χ0v) is 21.6. The molecule has 4 heterocycles. The lowest BCUT2D eigenvalue weighted by molar-refractivity contribution is -0.129. The van der Waals surface area contributed by atoms with Crippen LogP contribution in [-0.2, 0) is 27.9 Å². The number of fused-ring (bicyclic) bond motifs is 3. The molecule has 7 heteroatoms. The van der Waals surface area contributed by atoms with Gasteiger partial charge < -0.3 is 19.9 Å². The van der Waals surface area contributed by atoms with Gasteiger partial charge in [-0.25, -0.2) is 0 Å². The smallest absolute Gasteiger partial charge is 0.219 e. The Morgan fingerprint density at radius 3 is 2.94 bits per heavy atom. The minimum absolute atomic E-state index is 0.135. The van der Waals surface area contributed by atoms with E-state index in [1.165, 1.54) is 47.3 Å². The van der Waals surface area contributed by atoms with E-state index in [4.69, 9.17) is 9.84 Å². The topological polar surface area (TPSA) is 62.6 Å². The predicted octanol–water partition coefficient (Wildman–Crippen LogP) is 3.97. The number of rotatable bonds is 6. The maximum absolute atomic E-state index is 12.3. The summed E-state index contributed by atoms with van der Waals surface area (Å²) >= 11 is 0. The molecule has 1 spiro atoms. The second-order valence-electron chi connectivity index (χ2n) is 10.9. The minimum atomic E-state index is 0.135. The first-order valence-corrected chi connectivity index (χ1v) is 13.4. The number of carbonyl (C=O) groups excluding carboxylic acids is 1. The average Bonchev–Trinajstić information content (AvgIpc) is 3.58. The molecule has 36 heavy (non-hydrogen) atoms. The highest BCUT2D eigenvalue weighted by atomic mass is 16.5. The molecule has 1 saturated heterocycles. The molecule has 4 aliphatic rings. The first-order valence-electron chi connectivity index (χ1n) is 13.4. The molecular weight excluding hydrogens is 450 g/mol. The number of anilines is 2. The molecule has 1 aliphatic carbocycles. The molecule has 2 fully saturated rings. The first kappa shape index (κ1) is 23.5. The van der Waals surface area contributed by atoms with E-state index in [-0.39, 0.29) is 23.3 Å². The number of nitrogens with one attached hydrogen (secondary N) is 1. The Morgan fingerprint density at radius 2 is 2.28 bits per heavy atom. The minimum Gasteiger partial charge on any atom is -0.379 e. The van der Waals surface area contributed by atoms with Gasteiger partial charge in [-0.15, -0.1) is 5.73 Å². The summed E-state index contributed by atoms with van der Waals surface area (Å²) in [5.74, 6) is 1.43. The average molecular weight is 488 g/mol. The van der Waals surface area contributed by atoms with Crippen LogP contribution >= 0.6 is 0 Å². The molecule has 1 aromatic carbocycles. The number of hydrogen-bond acceptors (Lipinski definition) is 5. The summed E-state index contributed by atoms with van der Waals surface area (Å²) in [5.41, 5.74) is 9.74. The van der Waals surface area contributed by atoms with Crippen LogP contribution < -0.4 is 10.2 Å². The van der Waals surface area contributed by atoms with Crippen molar-refractivity contribution in [2.75, 3.05) is 44.8 Å². The number of aromatic nitrogens is 2. The number of amides is 1. The van der Waals surface area contributed by atoms with Gasteiger partial charge in [0, 0.05) is 67.9 Å². The van der Waals surface area contributed by atoms with Gasteiger partial charge in [0.15, 0.2) is 5.82 Å². The SMILES string of the molecule is C=C=CC(CNC)c1ccc2c(c1)C1(CCC1)CN2c1nn(C2CCOC2)c2c1CN(C(C)=O)CC2. The van der Waals surface area contributed by atoms with Crippen molar-refractivity contribution >= 4 is 17.4 Å². The molecule has 1 N–H and O–H groups in total. The number of carbonyl (C=O) groups is 1. The Labute approximate surface area is 213 Å². The molecule has 190 valence electrons. The van der Waals surface area contributed by atoms with Crippen LogP contribution in [0.1, 0.15) is 67.0 Å². The van der Waals surface area contributed by atoms with Crippen LogP contribution in [-0.4, -0.2) is 60.5 Å². The molecule has 3 aliphatic heterocycles. The van der Waals surface area contributed by atoms with Gasteiger partial charge >= 0.3 is 0 Å². The van der Waals surface area contributed by atoms with Gasteiger partial charge in [-0.05, 0) is 49.6 Å². The van der Waals surface area contributed by atoms with Crippen LogP contribution in [0.4, 0.5) is 11.5 Å². The maximum atomic E-state index is 12.3. The number of ether oxygens (including phenoxy) is 1. The molecule has 2 unspecified atom stereocenters. The standard InChI is InChI=1S/C29H37N5O2/c1-4-6-22(16-30-3)21-7-8-27-25(15-21)29(11-5-12-29)19-33(27)28-24-17-32(20(2)35)13-9-26(24)34(31-28)23-10-14-36-18-23/h6-8,15,22-23,30H,1,5,9-14,16-19H2,2-3H3. The van der Waals surface area contributed by atoms with Crippen LogP contribution in [0.5, 0.6) is 0 Å². The second kappa shape index (κ2) is 9.22. The molecule has 1 saturated carbocycles. The first-order chi connectivity index (χ1) is 17.5. The number of hydrogen-bond donors (Lipinski definition) is 1. The molecule has 2 atom stereocenters. The summed E-state index contributed by atoms with van der Waals surface area (Å²) in [7, 11) is 1.99. The van der Waals surface area contributed by atoms with E-state index >= 15 is 0 Å². The molecule has 0 bridgehead atoms. The summed E-state index contributed by atoms with van der Waals surface area (Å²) in [5, 5.41) is 8.59. The normalized spacial score (nSPS) is 22.7. The summed E-state index contributed by atoms with van der Waals surface area (Å²) in [4.78, 5) is 16.7. The lowest BCUT2D eigenvalue weighted by atomic mass is 9.65. The Kier molecular flexibility index (Phi) is 6.03. The van der Waals surface area contributed by atoms with Crippen molar-refractivity contribution in [3.8, 4) is 0 Å². The van der Waals surface area contributed by atoms with Crippen molar-refractivity contribution in [3.05, 3.63) is 59.0 Å². The van der Waals surface area contributed by atoms with Crippen LogP contribution in [0.25, 0.3) is 0 Å². The van der Waals surface area contributed by atoms with Gasteiger partial charge in [0.25, 0.3) is 0 Å². The van der Waals surface area contributed by atoms with Crippen molar-refractivity contribution in [1.82, 2.24) is 20.0 Å². The summed E-state index contributed by atoms with van der Waals surface area (Å²) in [6.45, 7) is 10.2. The van der Waals surface area contributed by atoms with E-state index in [2.05, 4.69) is 51.5 Å². The highest BCUT2D eigenvalue weighted by Crippen LogP contribution is 2.55. The Hall–Kier alpha value is -2.86. The van der Waals surface area contributed by atoms with Crippen molar-refractivity contribution < 1.29 is 9.53 Å². The predicted molar refractivity (Wildman–Crippen MR) is 141 cm³/mol. The third kappa shape index (κ3) is 3.73. The lowest BCUT2D eigenvalue weighted by Gasteiger charge is -2.39. The van der Waals surface area contributed by atoms with Crippen LogP contribution in [0, 0.1) is 0 Å². The quantitative estimate of drug-likeness (QED) is 0.625. The Bertz CT molecular complexity index is 1220. The molecule has 1 aromatic heterocycles. The zero-order valence-electron chi connectivity index (χ0n) is 21.6. The molecule has 0 radical (unpaired) electrons. The second-order valence-corrected chi connectivity index (χ2v) is 10.9. The molecule has 6 rings (SSSR count). The maximum Gasteiger partial charge on any atom is 0.219 e. The number of likely N-dealkylation sites (N-methyl/N-ethyl adjacent to an activating group) is 1. The van der Waals surface area contributed by atoms with Crippen LogP contribution in [0.15, 0.2) is 36.6 Å². The van der Waals surface area contributed by atoms with Gasteiger partial charge in [0.2, 0.25) is 5.91 Å². The number of benzene rings is 1. The molecule has 2 aromatic rings. The van der Waals surface area contributed by atoms with E-state index in [0.717, 1.165) is 51.5 Å². The summed E-state index contributed by atoms with van der Waals surface area (Å²) < 4.78 is 7.97. The summed E-state index contributed by atoms with van der Waals surface area (Å²) in [6, 6.07) is 7.27. The van der Waals surface area contributed by atoms with Gasteiger partial charge in [0.05, 0.1) is 19.2 Å². The highest BCUT2D eigenvalue weighted by molar-refractivity contribution is 5.76. The molecular formula is C29H37N5O2. The molecule has 1 amide bonds. The van der Waals surface area contributed by atoms with Crippen molar-refractivity contribution in [2.24, 2.45) is 0 Å². The third-order valence-corrected chi connectivity index (χ3v) is 8.84. The van der Waals surface area contributed by atoms with Gasteiger partial charge in [-0.3, -0.25) is 9.48 Å². The molecule has 7 nitrogen and oxygen atoms in total. The van der Waals surface area contributed by atoms with Crippen LogP contribution in [0.2, 0.25) is 0 Å². The monoisotopic (exact) mass is 487 g/mol. The third-order valence-electron chi connectivity index (χ3n) is 8.84. The fourth-order valence-corrected chi connectivity index (χ4v) is 6.70. The highest BCUT2D eigenvalue weighted by Gasteiger charge is 2.49. The fourth-order valence-electron chi connectivity index (χ4n) is 6.70. The Morgan fingerprint density at radius 1 is 1.42 bits per heavy atom. The fraction of sp³-hybridized carbons (Fsp3) is 0.552. The largest absolute Gasteiger partial charge is 0.379 e. The van der Waals surface area contributed by atoms with E-state index in [1.54, 1.807) is 6.92 Å². The van der Waals surface area contributed by atoms with Crippen molar-refractivity contribution in [1.29, 1.82) is 0 Å². The number of nitrogens with zero attached hydrogens (tertiary/aromatic N) is 4. The van der Waals surface area contributed by atoms with E-state index in [9.17, 15) is 4.79 Å². The Balaban J connectivity index is 1.44. The van der Waals surface area contributed by atoms with Gasteiger partial charge in [-0.2, -0.15) is 5.10 Å². The van der Waals surface area contributed by atoms with E-state index in [1.807, 2.05) is 11.9 Å². The zero-order chi connectivity index (χ0) is 24.9. The van der Waals surface area contributed by atoms with E-state index < -0.39 is 0 Å².